The number of nitrogens with one attached hydrogen (secondary N) is 1. The highest BCUT2D eigenvalue weighted by Gasteiger charge is 2.31. The van der Waals surface area contributed by atoms with E-state index in [1.165, 1.54) is 12.3 Å². The van der Waals surface area contributed by atoms with Gasteiger partial charge in [-0.1, -0.05) is 0 Å². The molecule has 0 aliphatic rings. The smallest absolute Gasteiger partial charge is 0.416 e. The standard InChI is InChI=1S/C12H7BrF3N3O2/c13-7-2-1-6(12(14,15)16)3-8(7)18-10-5-17-4-9(19-10)11(20)21/h1-5H,(H,18,19)(H,20,21). The Morgan fingerprint density at radius 1 is 1.29 bits per heavy atom. The zero-order valence-corrected chi connectivity index (χ0v) is 11.7. The summed E-state index contributed by atoms with van der Waals surface area (Å²) >= 11 is 3.11. The number of aromatic carboxylic acids is 1. The van der Waals surface area contributed by atoms with Crippen LogP contribution in [0.2, 0.25) is 0 Å². The first-order valence-corrected chi connectivity index (χ1v) is 6.26. The number of carboxylic acids is 1. The van der Waals surface area contributed by atoms with E-state index in [9.17, 15) is 18.0 Å². The molecule has 2 rings (SSSR count). The molecule has 1 heterocycles. The summed E-state index contributed by atoms with van der Waals surface area (Å²) in [5, 5.41) is 11.4. The number of benzene rings is 1. The monoisotopic (exact) mass is 361 g/mol. The maximum absolute atomic E-state index is 12.7. The van der Waals surface area contributed by atoms with Crippen molar-refractivity contribution in [3.05, 3.63) is 46.3 Å². The van der Waals surface area contributed by atoms with Gasteiger partial charge in [0.2, 0.25) is 0 Å². The molecular formula is C12H7BrF3N3O2. The molecule has 110 valence electrons. The summed E-state index contributed by atoms with van der Waals surface area (Å²) in [5.41, 5.74) is -1.06. The zero-order valence-electron chi connectivity index (χ0n) is 10.1. The van der Waals surface area contributed by atoms with E-state index >= 15 is 0 Å². The Morgan fingerprint density at radius 2 is 2.00 bits per heavy atom. The molecule has 0 amide bonds. The Balaban J connectivity index is 2.35. The van der Waals surface area contributed by atoms with Gasteiger partial charge in [-0.25, -0.2) is 9.78 Å². The molecule has 2 N–H and O–H groups in total. The van der Waals surface area contributed by atoms with Crippen molar-refractivity contribution in [1.82, 2.24) is 9.97 Å². The van der Waals surface area contributed by atoms with Crippen molar-refractivity contribution in [2.24, 2.45) is 0 Å². The largest absolute Gasteiger partial charge is 0.476 e. The van der Waals surface area contributed by atoms with E-state index in [1.807, 2.05) is 0 Å². The van der Waals surface area contributed by atoms with Gasteiger partial charge in [-0.05, 0) is 34.1 Å². The predicted octanol–water partition coefficient (Wildman–Crippen LogP) is 3.70. The Labute approximate surface area is 125 Å². The maximum atomic E-state index is 12.7. The Morgan fingerprint density at radius 3 is 2.62 bits per heavy atom. The van der Waals surface area contributed by atoms with Crippen molar-refractivity contribution in [1.29, 1.82) is 0 Å². The molecule has 0 saturated heterocycles. The predicted molar refractivity (Wildman–Crippen MR) is 71.4 cm³/mol. The lowest BCUT2D eigenvalue weighted by Gasteiger charge is -2.12. The molecule has 0 aliphatic heterocycles. The molecule has 2 aromatic rings. The molecule has 0 atom stereocenters. The van der Waals surface area contributed by atoms with E-state index in [-0.39, 0.29) is 17.2 Å². The second-order valence-corrected chi connectivity index (χ2v) is 4.77. The van der Waals surface area contributed by atoms with Crippen LogP contribution in [0.4, 0.5) is 24.7 Å². The van der Waals surface area contributed by atoms with Crippen molar-refractivity contribution < 1.29 is 23.1 Å². The fourth-order valence-electron chi connectivity index (χ4n) is 1.46. The highest BCUT2D eigenvalue weighted by atomic mass is 79.9. The first-order chi connectivity index (χ1) is 9.77. The number of carboxylic acid groups (broad SMARTS) is 1. The minimum atomic E-state index is -4.48. The van der Waals surface area contributed by atoms with E-state index in [4.69, 9.17) is 5.11 Å². The minimum Gasteiger partial charge on any atom is -0.476 e. The van der Waals surface area contributed by atoms with Crippen LogP contribution in [0.5, 0.6) is 0 Å². The van der Waals surface area contributed by atoms with Crippen molar-refractivity contribution in [3.63, 3.8) is 0 Å². The van der Waals surface area contributed by atoms with E-state index in [0.717, 1.165) is 18.3 Å². The van der Waals surface area contributed by atoms with Gasteiger partial charge in [0.25, 0.3) is 0 Å². The Kier molecular flexibility index (Phi) is 4.12. The molecule has 5 nitrogen and oxygen atoms in total. The number of halogens is 4. The molecule has 0 saturated carbocycles. The lowest BCUT2D eigenvalue weighted by Crippen LogP contribution is -2.07. The van der Waals surface area contributed by atoms with Crippen LogP contribution in [-0.4, -0.2) is 21.0 Å². The number of anilines is 2. The highest BCUT2D eigenvalue weighted by Crippen LogP contribution is 2.34. The summed E-state index contributed by atoms with van der Waals surface area (Å²) in [7, 11) is 0. The van der Waals surface area contributed by atoms with Crippen LogP contribution >= 0.6 is 15.9 Å². The van der Waals surface area contributed by atoms with Crippen molar-refractivity contribution in [3.8, 4) is 0 Å². The first-order valence-electron chi connectivity index (χ1n) is 5.46. The van der Waals surface area contributed by atoms with Crippen LogP contribution in [0.25, 0.3) is 0 Å². The number of alkyl halides is 3. The number of carbonyl (C=O) groups is 1. The number of hydrogen-bond acceptors (Lipinski definition) is 4. The summed E-state index contributed by atoms with van der Waals surface area (Å²) in [6.45, 7) is 0. The number of nitrogens with zero attached hydrogens (tertiary/aromatic N) is 2. The normalized spacial score (nSPS) is 11.2. The maximum Gasteiger partial charge on any atom is 0.416 e. The number of aromatic nitrogens is 2. The van der Waals surface area contributed by atoms with Gasteiger partial charge < -0.3 is 10.4 Å². The third-order valence-corrected chi connectivity index (χ3v) is 3.10. The molecule has 0 unspecified atom stereocenters. The fraction of sp³-hybridized carbons (Fsp3) is 0.0833. The van der Waals surface area contributed by atoms with Crippen LogP contribution < -0.4 is 5.32 Å². The third-order valence-electron chi connectivity index (χ3n) is 2.41. The Bertz CT molecular complexity index is 692. The first kappa shape index (κ1) is 15.2. The summed E-state index contributed by atoms with van der Waals surface area (Å²) in [6, 6.07) is 3.05. The second-order valence-electron chi connectivity index (χ2n) is 3.91. The molecule has 9 heteroatoms. The summed E-state index contributed by atoms with van der Waals surface area (Å²) in [6.07, 6.45) is -2.24. The lowest BCUT2D eigenvalue weighted by molar-refractivity contribution is -0.137. The molecule has 1 aromatic carbocycles. The van der Waals surface area contributed by atoms with Crippen LogP contribution in [0, 0.1) is 0 Å². The number of rotatable bonds is 3. The summed E-state index contributed by atoms with van der Waals surface area (Å²) in [4.78, 5) is 18.2. The van der Waals surface area contributed by atoms with Crippen LogP contribution in [-0.2, 0) is 6.18 Å². The molecule has 0 bridgehead atoms. The molecule has 1 aromatic heterocycles. The van der Waals surface area contributed by atoms with Crippen LogP contribution in [0.1, 0.15) is 16.1 Å². The van der Waals surface area contributed by atoms with E-state index in [2.05, 4.69) is 31.2 Å². The quantitative estimate of drug-likeness (QED) is 0.871. The average Bonchev–Trinajstić information content (AvgIpc) is 2.40. The van der Waals surface area contributed by atoms with E-state index < -0.39 is 17.7 Å². The van der Waals surface area contributed by atoms with Crippen molar-refractivity contribution in [2.45, 2.75) is 6.18 Å². The fourth-order valence-corrected chi connectivity index (χ4v) is 1.81. The minimum absolute atomic E-state index is 0.0231. The van der Waals surface area contributed by atoms with Crippen molar-refractivity contribution >= 4 is 33.4 Å². The molecule has 0 radical (unpaired) electrons. The highest BCUT2D eigenvalue weighted by molar-refractivity contribution is 9.10. The van der Waals surface area contributed by atoms with Crippen LogP contribution in [0.3, 0.4) is 0 Å². The van der Waals surface area contributed by atoms with Gasteiger partial charge in [0.1, 0.15) is 5.82 Å². The second kappa shape index (κ2) is 5.68. The zero-order chi connectivity index (χ0) is 15.6. The van der Waals surface area contributed by atoms with Gasteiger partial charge in [-0.2, -0.15) is 13.2 Å². The van der Waals surface area contributed by atoms with Gasteiger partial charge >= 0.3 is 12.1 Å². The van der Waals surface area contributed by atoms with Gasteiger partial charge in [-0.3, -0.25) is 4.98 Å². The summed E-state index contributed by atoms with van der Waals surface area (Å²) in [5.74, 6) is -1.26. The lowest BCUT2D eigenvalue weighted by atomic mass is 10.2. The van der Waals surface area contributed by atoms with Crippen LogP contribution in [0.15, 0.2) is 35.1 Å². The van der Waals surface area contributed by atoms with Gasteiger partial charge in [0.15, 0.2) is 5.69 Å². The molecule has 0 spiro atoms. The van der Waals surface area contributed by atoms with Gasteiger partial charge in [0.05, 0.1) is 23.6 Å². The Hall–Kier alpha value is -2.16. The molecule has 0 aliphatic carbocycles. The average molecular weight is 362 g/mol. The SMILES string of the molecule is O=C(O)c1cncc(Nc2cc(C(F)(F)F)ccc2Br)n1. The van der Waals surface area contributed by atoms with E-state index in [0.29, 0.717) is 4.47 Å². The molecule has 21 heavy (non-hydrogen) atoms. The third kappa shape index (κ3) is 3.69. The molecular weight excluding hydrogens is 355 g/mol. The number of hydrogen-bond donors (Lipinski definition) is 2. The van der Waals surface area contributed by atoms with Gasteiger partial charge in [0, 0.05) is 4.47 Å². The topological polar surface area (TPSA) is 75.1 Å². The summed E-state index contributed by atoms with van der Waals surface area (Å²) < 4.78 is 38.4. The van der Waals surface area contributed by atoms with Gasteiger partial charge in [-0.15, -0.1) is 0 Å². The van der Waals surface area contributed by atoms with Crippen molar-refractivity contribution in [2.75, 3.05) is 5.32 Å². The van der Waals surface area contributed by atoms with E-state index in [1.54, 1.807) is 0 Å². The molecule has 0 fully saturated rings.